The van der Waals surface area contributed by atoms with Crippen LogP contribution in [0.25, 0.3) is 0 Å². The molecule has 1 aromatic rings. The van der Waals surface area contributed by atoms with Crippen LogP contribution in [0.2, 0.25) is 0 Å². The minimum atomic E-state index is 0.143. The number of aryl methyl sites for hydroxylation is 1. The highest BCUT2D eigenvalue weighted by molar-refractivity contribution is 5.95. The summed E-state index contributed by atoms with van der Waals surface area (Å²) < 4.78 is 5.30. The van der Waals surface area contributed by atoms with Crippen LogP contribution < -0.4 is 5.32 Å². The highest BCUT2D eigenvalue weighted by Gasteiger charge is 2.37. The normalized spacial score (nSPS) is 28.6. The lowest BCUT2D eigenvalue weighted by Gasteiger charge is -2.37. The van der Waals surface area contributed by atoms with Crippen LogP contribution in [0.4, 0.5) is 0 Å². The number of carbonyl (C=O) groups excluding carboxylic acids is 1. The van der Waals surface area contributed by atoms with Crippen LogP contribution in [0.1, 0.15) is 55.1 Å². The molecule has 3 rings (SSSR count). The number of hydrogen-bond donors (Lipinski definition) is 1. The Kier molecular flexibility index (Phi) is 3.83. The minimum Gasteiger partial charge on any atom is -0.469 e. The van der Waals surface area contributed by atoms with Crippen LogP contribution in [0.15, 0.2) is 16.7 Å². The SMILES string of the molecule is CCCN(C(=O)c1ccoc1C)C1CC2CCC(C1)N2. The first-order chi connectivity index (χ1) is 9.69. The first kappa shape index (κ1) is 13.7. The van der Waals surface area contributed by atoms with Crippen molar-refractivity contribution >= 4 is 5.91 Å². The fraction of sp³-hybridized carbons (Fsp3) is 0.688. The average molecular weight is 276 g/mol. The van der Waals surface area contributed by atoms with E-state index in [0.29, 0.717) is 18.1 Å². The summed E-state index contributed by atoms with van der Waals surface area (Å²) in [5.41, 5.74) is 0.726. The molecule has 3 heterocycles. The summed E-state index contributed by atoms with van der Waals surface area (Å²) in [6.07, 6.45) is 7.33. The smallest absolute Gasteiger partial charge is 0.257 e. The zero-order chi connectivity index (χ0) is 14.1. The third-order valence-corrected chi connectivity index (χ3v) is 4.70. The fourth-order valence-electron chi connectivity index (χ4n) is 3.73. The molecule has 2 aliphatic heterocycles. The van der Waals surface area contributed by atoms with Gasteiger partial charge in [0, 0.05) is 24.7 Å². The van der Waals surface area contributed by atoms with Crippen molar-refractivity contribution in [2.75, 3.05) is 6.54 Å². The molecule has 2 bridgehead atoms. The van der Waals surface area contributed by atoms with Crippen molar-refractivity contribution in [2.45, 2.75) is 64.1 Å². The number of rotatable bonds is 4. The van der Waals surface area contributed by atoms with E-state index in [1.54, 1.807) is 12.3 Å². The van der Waals surface area contributed by atoms with Gasteiger partial charge in [0.05, 0.1) is 11.8 Å². The van der Waals surface area contributed by atoms with Crippen molar-refractivity contribution in [2.24, 2.45) is 0 Å². The molecule has 1 amide bonds. The van der Waals surface area contributed by atoms with Gasteiger partial charge in [0.25, 0.3) is 5.91 Å². The molecule has 2 unspecified atom stereocenters. The van der Waals surface area contributed by atoms with E-state index in [-0.39, 0.29) is 5.91 Å². The largest absolute Gasteiger partial charge is 0.469 e. The maximum atomic E-state index is 12.8. The van der Waals surface area contributed by atoms with Gasteiger partial charge in [-0.05, 0) is 45.1 Å². The summed E-state index contributed by atoms with van der Waals surface area (Å²) in [6.45, 7) is 4.84. The molecule has 0 spiro atoms. The van der Waals surface area contributed by atoms with Crippen LogP contribution >= 0.6 is 0 Å². The number of furan rings is 1. The van der Waals surface area contributed by atoms with Gasteiger partial charge in [-0.1, -0.05) is 6.92 Å². The quantitative estimate of drug-likeness (QED) is 0.919. The van der Waals surface area contributed by atoms with Gasteiger partial charge in [-0.3, -0.25) is 4.79 Å². The summed E-state index contributed by atoms with van der Waals surface area (Å²) in [5.74, 6) is 0.873. The van der Waals surface area contributed by atoms with Crippen molar-refractivity contribution in [3.63, 3.8) is 0 Å². The summed E-state index contributed by atoms with van der Waals surface area (Å²) in [5, 5.41) is 3.65. The van der Waals surface area contributed by atoms with E-state index in [4.69, 9.17) is 4.42 Å². The molecule has 0 aliphatic carbocycles. The van der Waals surface area contributed by atoms with Crippen molar-refractivity contribution in [3.05, 3.63) is 23.7 Å². The standard InChI is InChI=1S/C16H24N2O2/c1-3-7-18(16(19)15-6-8-20-11(15)2)14-9-12-4-5-13(10-14)17-12/h6,8,12-14,17H,3-5,7,9-10H2,1-2H3. The number of nitrogens with zero attached hydrogens (tertiary/aromatic N) is 1. The molecule has 4 heteroatoms. The van der Waals surface area contributed by atoms with E-state index >= 15 is 0 Å². The predicted octanol–water partition coefficient (Wildman–Crippen LogP) is 2.72. The third kappa shape index (κ3) is 2.49. The maximum Gasteiger partial charge on any atom is 0.257 e. The molecule has 0 saturated carbocycles. The Balaban J connectivity index is 1.78. The third-order valence-electron chi connectivity index (χ3n) is 4.70. The number of hydrogen-bond acceptors (Lipinski definition) is 3. The van der Waals surface area contributed by atoms with E-state index in [1.807, 2.05) is 6.92 Å². The van der Waals surface area contributed by atoms with E-state index < -0.39 is 0 Å². The number of nitrogens with one attached hydrogen (secondary N) is 1. The lowest BCUT2D eigenvalue weighted by molar-refractivity contribution is 0.0615. The summed E-state index contributed by atoms with van der Waals surface area (Å²) in [4.78, 5) is 14.9. The molecule has 1 N–H and O–H groups in total. The Morgan fingerprint density at radius 1 is 1.40 bits per heavy atom. The molecule has 110 valence electrons. The second kappa shape index (κ2) is 5.60. The first-order valence-corrected chi connectivity index (χ1v) is 7.80. The summed E-state index contributed by atoms with van der Waals surface area (Å²) >= 11 is 0. The molecule has 2 aliphatic rings. The second-order valence-electron chi connectivity index (χ2n) is 6.15. The van der Waals surface area contributed by atoms with Crippen LogP contribution in [0.3, 0.4) is 0 Å². The Bertz CT molecular complexity index is 471. The number of carbonyl (C=O) groups is 1. The predicted molar refractivity (Wildman–Crippen MR) is 77.7 cm³/mol. The van der Waals surface area contributed by atoms with Gasteiger partial charge in [0.2, 0.25) is 0 Å². The number of piperidine rings is 1. The number of fused-ring (bicyclic) bond motifs is 2. The van der Waals surface area contributed by atoms with Crippen LogP contribution in [0, 0.1) is 6.92 Å². The van der Waals surface area contributed by atoms with Crippen molar-refractivity contribution in [1.82, 2.24) is 10.2 Å². The molecule has 20 heavy (non-hydrogen) atoms. The lowest BCUT2D eigenvalue weighted by Crippen LogP contribution is -2.50. The zero-order valence-corrected chi connectivity index (χ0v) is 12.4. The monoisotopic (exact) mass is 276 g/mol. The van der Waals surface area contributed by atoms with Crippen LogP contribution in [-0.2, 0) is 0 Å². The van der Waals surface area contributed by atoms with Crippen LogP contribution in [-0.4, -0.2) is 35.5 Å². The molecular weight excluding hydrogens is 252 g/mol. The molecule has 0 aromatic carbocycles. The summed E-state index contributed by atoms with van der Waals surface area (Å²) in [6, 6.07) is 3.40. The lowest BCUT2D eigenvalue weighted by atomic mass is 9.97. The molecule has 1 aromatic heterocycles. The second-order valence-corrected chi connectivity index (χ2v) is 6.15. The van der Waals surface area contributed by atoms with Gasteiger partial charge in [-0.25, -0.2) is 0 Å². The molecule has 2 fully saturated rings. The van der Waals surface area contributed by atoms with Gasteiger partial charge in [0.1, 0.15) is 5.76 Å². The Morgan fingerprint density at radius 2 is 2.10 bits per heavy atom. The first-order valence-electron chi connectivity index (χ1n) is 7.80. The average Bonchev–Trinajstić information content (AvgIpc) is 3.01. The molecule has 2 saturated heterocycles. The number of amides is 1. The Labute approximate surface area is 120 Å². The van der Waals surface area contributed by atoms with Crippen molar-refractivity contribution < 1.29 is 9.21 Å². The highest BCUT2D eigenvalue weighted by Crippen LogP contribution is 2.31. The van der Waals surface area contributed by atoms with Gasteiger partial charge in [-0.2, -0.15) is 0 Å². The Hall–Kier alpha value is -1.29. The molecule has 2 atom stereocenters. The van der Waals surface area contributed by atoms with Crippen LogP contribution in [0.5, 0.6) is 0 Å². The fourth-order valence-corrected chi connectivity index (χ4v) is 3.73. The van der Waals surface area contributed by atoms with Gasteiger partial charge in [-0.15, -0.1) is 0 Å². The molecular formula is C16H24N2O2. The highest BCUT2D eigenvalue weighted by atomic mass is 16.3. The van der Waals surface area contributed by atoms with E-state index in [9.17, 15) is 4.79 Å². The van der Waals surface area contributed by atoms with Gasteiger partial charge < -0.3 is 14.6 Å². The topological polar surface area (TPSA) is 45.5 Å². The van der Waals surface area contributed by atoms with E-state index in [2.05, 4.69) is 17.1 Å². The van der Waals surface area contributed by atoms with Crippen molar-refractivity contribution in [1.29, 1.82) is 0 Å². The summed E-state index contributed by atoms with van der Waals surface area (Å²) in [7, 11) is 0. The minimum absolute atomic E-state index is 0.143. The maximum absolute atomic E-state index is 12.8. The van der Waals surface area contributed by atoms with Gasteiger partial charge >= 0.3 is 0 Å². The van der Waals surface area contributed by atoms with Crippen molar-refractivity contribution in [3.8, 4) is 0 Å². The zero-order valence-electron chi connectivity index (χ0n) is 12.4. The van der Waals surface area contributed by atoms with E-state index in [0.717, 1.165) is 37.1 Å². The Morgan fingerprint density at radius 3 is 2.65 bits per heavy atom. The van der Waals surface area contributed by atoms with Gasteiger partial charge in [0.15, 0.2) is 0 Å². The molecule has 0 radical (unpaired) electrons. The van der Waals surface area contributed by atoms with E-state index in [1.165, 1.54) is 12.8 Å². The molecule has 4 nitrogen and oxygen atoms in total.